The average Bonchev–Trinajstić information content (AvgIpc) is 2.37. The minimum absolute atomic E-state index is 0.407. The Morgan fingerprint density at radius 1 is 1.70 bits per heavy atom. The van der Waals surface area contributed by atoms with E-state index in [1.807, 2.05) is 12.3 Å². The lowest BCUT2D eigenvalue weighted by atomic mass is 10.4. The van der Waals surface area contributed by atoms with Crippen molar-refractivity contribution in [3.8, 4) is 0 Å². The topological polar surface area (TPSA) is 30.2 Å². The zero-order valence-corrected chi connectivity index (χ0v) is 6.48. The summed E-state index contributed by atoms with van der Waals surface area (Å²) in [6.45, 7) is 0. The van der Waals surface area contributed by atoms with Crippen LogP contribution in [0.1, 0.15) is 16.3 Å². The molecule has 54 valence electrons. The Balaban J connectivity index is 2.68. The van der Waals surface area contributed by atoms with Gasteiger partial charge < -0.3 is 4.42 Å². The van der Waals surface area contributed by atoms with Crippen molar-refractivity contribution in [2.75, 3.05) is 6.26 Å². The summed E-state index contributed by atoms with van der Waals surface area (Å²) in [6, 6.07) is 3.50. The molecule has 2 nitrogen and oxygen atoms in total. The summed E-state index contributed by atoms with van der Waals surface area (Å²) >= 11 is 1.67. The lowest BCUT2D eigenvalue weighted by molar-refractivity contribution is 0.109. The molecule has 0 radical (unpaired) electrons. The summed E-state index contributed by atoms with van der Waals surface area (Å²) < 4.78 is 5.08. The number of furan rings is 1. The highest BCUT2D eigenvalue weighted by Crippen LogP contribution is 2.11. The largest absolute Gasteiger partial charge is 0.457 e. The normalized spacial score (nSPS) is 9.70. The molecule has 1 aromatic heterocycles. The first-order chi connectivity index (χ1) is 4.86. The van der Waals surface area contributed by atoms with Gasteiger partial charge in [-0.2, -0.15) is 11.8 Å². The van der Waals surface area contributed by atoms with Crippen molar-refractivity contribution in [2.24, 2.45) is 0 Å². The van der Waals surface area contributed by atoms with Gasteiger partial charge in [0, 0.05) is 0 Å². The summed E-state index contributed by atoms with van der Waals surface area (Å²) in [5, 5.41) is 0. The van der Waals surface area contributed by atoms with Crippen LogP contribution in [0.15, 0.2) is 16.5 Å². The number of carbonyl (C=O) groups excluding carboxylic acids is 1. The zero-order chi connectivity index (χ0) is 7.40. The molecule has 1 rings (SSSR count). The highest BCUT2D eigenvalue weighted by molar-refractivity contribution is 7.97. The van der Waals surface area contributed by atoms with Crippen LogP contribution >= 0.6 is 11.8 Å². The molecule has 0 unspecified atom stereocenters. The van der Waals surface area contributed by atoms with E-state index in [0.717, 1.165) is 11.5 Å². The first kappa shape index (κ1) is 7.41. The third-order valence-corrected chi connectivity index (χ3v) is 1.66. The summed E-state index contributed by atoms with van der Waals surface area (Å²) in [4.78, 5) is 10.1. The molecule has 0 spiro atoms. The van der Waals surface area contributed by atoms with E-state index in [1.165, 1.54) is 0 Å². The number of hydrogen-bond donors (Lipinski definition) is 0. The Bertz CT molecular complexity index is 217. The summed E-state index contributed by atoms with van der Waals surface area (Å²) in [7, 11) is 0. The first-order valence-corrected chi connectivity index (χ1v) is 4.29. The Morgan fingerprint density at radius 3 is 3.00 bits per heavy atom. The molecular formula is C7H8O2S. The van der Waals surface area contributed by atoms with Gasteiger partial charge in [0.05, 0.1) is 5.75 Å². The lowest BCUT2D eigenvalue weighted by Gasteiger charge is -1.87. The third-order valence-electron chi connectivity index (χ3n) is 1.09. The van der Waals surface area contributed by atoms with E-state index in [4.69, 9.17) is 4.42 Å². The molecular weight excluding hydrogens is 148 g/mol. The number of rotatable bonds is 3. The molecule has 3 heteroatoms. The average molecular weight is 156 g/mol. The number of aldehydes is 1. The molecule has 0 fully saturated rings. The van der Waals surface area contributed by atoms with Gasteiger partial charge in [0.25, 0.3) is 0 Å². The number of thioether (sulfide) groups is 1. The second-order valence-electron chi connectivity index (χ2n) is 1.85. The molecule has 0 bridgehead atoms. The van der Waals surface area contributed by atoms with Gasteiger partial charge in [-0.1, -0.05) is 0 Å². The Labute approximate surface area is 63.6 Å². The highest BCUT2D eigenvalue weighted by Gasteiger charge is 1.97. The fraction of sp³-hybridized carbons (Fsp3) is 0.286. The SMILES string of the molecule is CSCc1ccc(C=O)o1. The summed E-state index contributed by atoms with van der Waals surface area (Å²) in [5.41, 5.74) is 0. The fourth-order valence-corrected chi connectivity index (χ4v) is 1.12. The van der Waals surface area contributed by atoms with Crippen LogP contribution in [-0.2, 0) is 5.75 Å². The van der Waals surface area contributed by atoms with Crippen molar-refractivity contribution in [2.45, 2.75) is 5.75 Å². The highest BCUT2D eigenvalue weighted by atomic mass is 32.2. The quantitative estimate of drug-likeness (QED) is 0.626. The van der Waals surface area contributed by atoms with E-state index in [0.29, 0.717) is 12.0 Å². The van der Waals surface area contributed by atoms with Crippen LogP contribution < -0.4 is 0 Å². The molecule has 0 aromatic carbocycles. The van der Waals surface area contributed by atoms with Gasteiger partial charge in [-0.05, 0) is 18.4 Å². The number of carbonyl (C=O) groups is 1. The molecule has 0 aliphatic rings. The van der Waals surface area contributed by atoms with Gasteiger partial charge in [-0.15, -0.1) is 0 Å². The molecule has 0 aliphatic carbocycles. The van der Waals surface area contributed by atoms with Crippen LogP contribution in [0.5, 0.6) is 0 Å². The van der Waals surface area contributed by atoms with E-state index < -0.39 is 0 Å². The minimum atomic E-state index is 0.407. The molecule has 1 heterocycles. The van der Waals surface area contributed by atoms with Crippen LogP contribution in [0, 0.1) is 0 Å². The first-order valence-electron chi connectivity index (χ1n) is 2.89. The van der Waals surface area contributed by atoms with Crippen LogP contribution in [-0.4, -0.2) is 12.5 Å². The van der Waals surface area contributed by atoms with Gasteiger partial charge in [0.15, 0.2) is 12.0 Å². The monoisotopic (exact) mass is 156 g/mol. The van der Waals surface area contributed by atoms with E-state index in [9.17, 15) is 4.79 Å². The number of hydrogen-bond acceptors (Lipinski definition) is 3. The van der Waals surface area contributed by atoms with Gasteiger partial charge in [-0.3, -0.25) is 4.79 Å². The van der Waals surface area contributed by atoms with Crippen molar-refractivity contribution in [1.82, 2.24) is 0 Å². The van der Waals surface area contributed by atoms with E-state index >= 15 is 0 Å². The molecule has 0 saturated carbocycles. The van der Waals surface area contributed by atoms with E-state index in [2.05, 4.69) is 0 Å². The van der Waals surface area contributed by atoms with Gasteiger partial charge >= 0.3 is 0 Å². The molecule has 0 amide bonds. The molecule has 1 aromatic rings. The van der Waals surface area contributed by atoms with Crippen molar-refractivity contribution >= 4 is 18.0 Å². The van der Waals surface area contributed by atoms with Gasteiger partial charge in [0.1, 0.15) is 5.76 Å². The van der Waals surface area contributed by atoms with E-state index in [1.54, 1.807) is 17.8 Å². The van der Waals surface area contributed by atoms with E-state index in [-0.39, 0.29) is 0 Å². The van der Waals surface area contributed by atoms with Gasteiger partial charge in [0.2, 0.25) is 0 Å². The molecule has 0 atom stereocenters. The van der Waals surface area contributed by atoms with Crippen LogP contribution in [0.2, 0.25) is 0 Å². The summed E-state index contributed by atoms with van der Waals surface area (Å²) in [5.74, 6) is 2.09. The second kappa shape index (κ2) is 3.46. The summed E-state index contributed by atoms with van der Waals surface area (Å²) in [6.07, 6.45) is 2.70. The minimum Gasteiger partial charge on any atom is -0.457 e. The van der Waals surface area contributed by atoms with Crippen molar-refractivity contribution < 1.29 is 9.21 Å². The maximum absolute atomic E-state index is 10.1. The molecule has 0 saturated heterocycles. The second-order valence-corrected chi connectivity index (χ2v) is 2.72. The van der Waals surface area contributed by atoms with Crippen LogP contribution in [0.4, 0.5) is 0 Å². The molecule has 10 heavy (non-hydrogen) atoms. The molecule has 0 N–H and O–H groups in total. The maximum atomic E-state index is 10.1. The van der Waals surface area contributed by atoms with Crippen molar-refractivity contribution in [3.63, 3.8) is 0 Å². The maximum Gasteiger partial charge on any atom is 0.185 e. The van der Waals surface area contributed by atoms with Crippen LogP contribution in [0.25, 0.3) is 0 Å². The predicted molar refractivity (Wildman–Crippen MR) is 41.3 cm³/mol. The Morgan fingerprint density at radius 2 is 2.50 bits per heavy atom. The Kier molecular flexibility index (Phi) is 2.57. The van der Waals surface area contributed by atoms with Crippen molar-refractivity contribution in [1.29, 1.82) is 0 Å². The third kappa shape index (κ3) is 1.64. The fourth-order valence-electron chi connectivity index (χ4n) is 0.678. The van der Waals surface area contributed by atoms with Crippen LogP contribution in [0.3, 0.4) is 0 Å². The standard InChI is InChI=1S/C7H8O2S/c1-10-5-7-3-2-6(4-8)9-7/h2-4H,5H2,1H3. The predicted octanol–water partition coefficient (Wildman–Crippen LogP) is 1.96. The smallest absolute Gasteiger partial charge is 0.185 e. The van der Waals surface area contributed by atoms with Gasteiger partial charge in [-0.25, -0.2) is 0 Å². The Hall–Kier alpha value is -0.700. The zero-order valence-electron chi connectivity index (χ0n) is 5.66. The van der Waals surface area contributed by atoms with Crippen molar-refractivity contribution in [3.05, 3.63) is 23.7 Å². The lowest BCUT2D eigenvalue weighted by Crippen LogP contribution is -1.72. The molecule has 0 aliphatic heterocycles.